The molecule has 2 fully saturated rings. The van der Waals surface area contributed by atoms with Crippen molar-refractivity contribution in [3.05, 3.63) is 0 Å². The van der Waals surface area contributed by atoms with Crippen molar-refractivity contribution in [2.75, 3.05) is 26.8 Å². The molecule has 0 spiro atoms. The van der Waals surface area contributed by atoms with Crippen molar-refractivity contribution in [1.29, 1.82) is 0 Å². The standard InChI is InChI=1S/C16H30N2O3/c1-5-13-11-21-12(3)10-18(13)14-7-8-16(9-14,17-4)15(19)20-6-2/h12-14,17H,5-11H2,1-4H3. The van der Waals surface area contributed by atoms with E-state index in [1.165, 1.54) is 0 Å². The maximum absolute atomic E-state index is 12.3. The molecule has 0 aromatic carbocycles. The molecular formula is C16H30N2O3. The van der Waals surface area contributed by atoms with Crippen molar-refractivity contribution in [1.82, 2.24) is 10.2 Å². The van der Waals surface area contributed by atoms with Gasteiger partial charge in [0.05, 0.1) is 19.3 Å². The Morgan fingerprint density at radius 2 is 2.24 bits per heavy atom. The van der Waals surface area contributed by atoms with Gasteiger partial charge in [0.2, 0.25) is 0 Å². The Morgan fingerprint density at radius 1 is 1.48 bits per heavy atom. The highest BCUT2D eigenvalue weighted by Gasteiger charge is 2.48. The summed E-state index contributed by atoms with van der Waals surface area (Å²) in [6, 6.07) is 0.916. The van der Waals surface area contributed by atoms with E-state index in [2.05, 4.69) is 24.1 Å². The van der Waals surface area contributed by atoms with Crippen LogP contribution in [0.25, 0.3) is 0 Å². The topological polar surface area (TPSA) is 50.8 Å². The first kappa shape index (κ1) is 16.7. The number of carbonyl (C=O) groups is 1. The molecule has 4 atom stereocenters. The molecule has 5 nitrogen and oxygen atoms in total. The first-order valence-electron chi connectivity index (χ1n) is 8.29. The summed E-state index contributed by atoms with van der Waals surface area (Å²) in [5.41, 5.74) is -0.499. The Hall–Kier alpha value is -0.650. The molecule has 1 aliphatic carbocycles. The SMILES string of the molecule is CCOC(=O)C1(NC)CCC(N2CC(C)OCC2CC)C1. The average molecular weight is 298 g/mol. The zero-order valence-electron chi connectivity index (χ0n) is 13.9. The lowest BCUT2D eigenvalue weighted by molar-refractivity contribution is -0.151. The predicted molar refractivity (Wildman–Crippen MR) is 82.3 cm³/mol. The Balaban J connectivity index is 2.07. The molecule has 2 rings (SSSR count). The maximum Gasteiger partial charge on any atom is 0.326 e. The molecule has 0 amide bonds. The lowest BCUT2D eigenvalue weighted by Gasteiger charge is -2.42. The van der Waals surface area contributed by atoms with Crippen LogP contribution in [0.4, 0.5) is 0 Å². The van der Waals surface area contributed by atoms with Gasteiger partial charge in [-0.3, -0.25) is 9.69 Å². The van der Waals surface area contributed by atoms with Gasteiger partial charge in [0.1, 0.15) is 5.54 Å². The highest BCUT2D eigenvalue weighted by atomic mass is 16.5. The number of ether oxygens (including phenoxy) is 2. The molecule has 0 bridgehead atoms. The summed E-state index contributed by atoms with van der Waals surface area (Å²) in [7, 11) is 1.87. The molecule has 0 aromatic rings. The van der Waals surface area contributed by atoms with Crippen molar-refractivity contribution >= 4 is 5.97 Å². The number of morpholine rings is 1. The van der Waals surface area contributed by atoms with Gasteiger partial charge in [-0.15, -0.1) is 0 Å². The molecule has 1 heterocycles. The predicted octanol–water partition coefficient (Wildman–Crippen LogP) is 1.56. The Labute approximate surface area is 128 Å². The van der Waals surface area contributed by atoms with Crippen LogP contribution < -0.4 is 5.32 Å². The third kappa shape index (κ3) is 3.41. The lowest BCUT2D eigenvalue weighted by atomic mass is 9.97. The highest BCUT2D eigenvalue weighted by Crippen LogP contribution is 2.36. The third-order valence-corrected chi connectivity index (χ3v) is 5.08. The fourth-order valence-corrected chi connectivity index (χ4v) is 3.76. The van der Waals surface area contributed by atoms with E-state index in [4.69, 9.17) is 9.47 Å². The van der Waals surface area contributed by atoms with E-state index in [1.54, 1.807) is 0 Å². The summed E-state index contributed by atoms with van der Waals surface area (Å²) in [6.07, 6.45) is 4.11. The summed E-state index contributed by atoms with van der Waals surface area (Å²) >= 11 is 0. The second-order valence-electron chi connectivity index (χ2n) is 6.35. The number of carbonyl (C=O) groups excluding carboxylic acids is 1. The summed E-state index contributed by atoms with van der Waals surface area (Å²) < 4.78 is 11.1. The minimum atomic E-state index is -0.499. The second kappa shape index (κ2) is 7.07. The van der Waals surface area contributed by atoms with E-state index >= 15 is 0 Å². The molecule has 1 aliphatic heterocycles. The van der Waals surface area contributed by atoms with Crippen LogP contribution >= 0.6 is 0 Å². The normalized spacial score (nSPS) is 37.6. The molecule has 4 unspecified atom stereocenters. The van der Waals surface area contributed by atoms with E-state index in [0.29, 0.717) is 18.7 Å². The summed E-state index contributed by atoms with van der Waals surface area (Å²) in [6.45, 7) is 8.42. The number of likely N-dealkylation sites (N-methyl/N-ethyl adjacent to an activating group) is 1. The van der Waals surface area contributed by atoms with Gasteiger partial charge in [0, 0.05) is 18.6 Å². The van der Waals surface area contributed by atoms with Gasteiger partial charge in [0.15, 0.2) is 0 Å². The third-order valence-electron chi connectivity index (χ3n) is 5.08. The van der Waals surface area contributed by atoms with Gasteiger partial charge in [-0.05, 0) is 46.6 Å². The summed E-state index contributed by atoms with van der Waals surface area (Å²) in [4.78, 5) is 14.9. The van der Waals surface area contributed by atoms with E-state index < -0.39 is 5.54 Å². The van der Waals surface area contributed by atoms with Crippen LogP contribution in [-0.2, 0) is 14.3 Å². The van der Waals surface area contributed by atoms with E-state index in [1.807, 2.05) is 14.0 Å². The number of rotatable bonds is 5. The number of nitrogens with one attached hydrogen (secondary N) is 1. The minimum absolute atomic E-state index is 0.0932. The van der Waals surface area contributed by atoms with Crippen LogP contribution in [0, 0.1) is 0 Å². The molecule has 0 radical (unpaired) electrons. The Bertz CT molecular complexity index is 363. The molecule has 0 aromatic heterocycles. The van der Waals surface area contributed by atoms with Crippen LogP contribution in [0.15, 0.2) is 0 Å². The van der Waals surface area contributed by atoms with Crippen molar-refractivity contribution < 1.29 is 14.3 Å². The van der Waals surface area contributed by atoms with Crippen molar-refractivity contribution in [2.45, 2.75) is 70.2 Å². The number of esters is 1. The largest absolute Gasteiger partial charge is 0.465 e. The number of nitrogens with zero attached hydrogens (tertiary/aromatic N) is 1. The summed E-state index contributed by atoms with van der Waals surface area (Å²) in [5, 5.41) is 3.24. The monoisotopic (exact) mass is 298 g/mol. The molecule has 1 saturated carbocycles. The van der Waals surface area contributed by atoms with Gasteiger partial charge < -0.3 is 14.8 Å². The van der Waals surface area contributed by atoms with Crippen molar-refractivity contribution in [3.63, 3.8) is 0 Å². The first-order chi connectivity index (χ1) is 10.1. The maximum atomic E-state index is 12.3. The lowest BCUT2D eigenvalue weighted by Crippen LogP contribution is -2.55. The van der Waals surface area contributed by atoms with Crippen LogP contribution in [0.5, 0.6) is 0 Å². The molecule has 122 valence electrons. The van der Waals surface area contributed by atoms with Crippen LogP contribution in [0.3, 0.4) is 0 Å². The fourth-order valence-electron chi connectivity index (χ4n) is 3.76. The van der Waals surface area contributed by atoms with Crippen molar-refractivity contribution in [3.8, 4) is 0 Å². The average Bonchev–Trinajstić information content (AvgIpc) is 2.93. The Morgan fingerprint density at radius 3 is 2.86 bits per heavy atom. The quantitative estimate of drug-likeness (QED) is 0.781. The molecule has 1 N–H and O–H groups in total. The Kier molecular flexibility index (Phi) is 5.63. The van der Waals surface area contributed by atoms with Gasteiger partial charge in [-0.1, -0.05) is 6.92 Å². The zero-order valence-corrected chi connectivity index (χ0v) is 13.9. The second-order valence-corrected chi connectivity index (χ2v) is 6.35. The zero-order chi connectivity index (χ0) is 15.5. The van der Waals surface area contributed by atoms with Gasteiger partial charge in [0.25, 0.3) is 0 Å². The highest BCUT2D eigenvalue weighted by molar-refractivity contribution is 5.81. The van der Waals surface area contributed by atoms with E-state index in [-0.39, 0.29) is 12.1 Å². The molecule has 1 saturated heterocycles. The van der Waals surface area contributed by atoms with Crippen LogP contribution in [-0.4, -0.2) is 61.4 Å². The molecule has 2 aliphatic rings. The molecule has 21 heavy (non-hydrogen) atoms. The fraction of sp³-hybridized carbons (Fsp3) is 0.938. The van der Waals surface area contributed by atoms with Crippen LogP contribution in [0.2, 0.25) is 0 Å². The van der Waals surface area contributed by atoms with E-state index in [0.717, 1.165) is 38.8 Å². The molecule has 5 heteroatoms. The summed E-state index contributed by atoms with van der Waals surface area (Å²) in [5.74, 6) is -0.0932. The number of hydrogen-bond acceptors (Lipinski definition) is 5. The first-order valence-corrected chi connectivity index (χ1v) is 8.29. The van der Waals surface area contributed by atoms with Gasteiger partial charge in [-0.25, -0.2) is 0 Å². The van der Waals surface area contributed by atoms with E-state index in [9.17, 15) is 4.79 Å². The van der Waals surface area contributed by atoms with Gasteiger partial charge in [-0.2, -0.15) is 0 Å². The minimum Gasteiger partial charge on any atom is -0.465 e. The van der Waals surface area contributed by atoms with Gasteiger partial charge >= 0.3 is 5.97 Å². The smallest absolute Gasteiger partial charge is 0.326 e. The van der Waals surface area contributed by atoms with Crippen molar-refractivity contribution in [2.24, 2.45) is 0 Å². The molecular weight excluding hydrogens is 268 g/mol. The van der Waals surface area contributed by atoms with Crippen LogP contribution in [0.1, 0.15) is 46.5 Å². The number of hydrogen-bond donors (Lipinski definition) is 1.